The van der Waals surface area contributed by atoms with Crippen molar-refractivity contribution in [3.8, 4) is 0 Å². The number of benzene rings is 1. The fraction of sp³-hybridized carbons (Fsp3) is 0.682. The Kier molecular flexibility index (Phi) is 7.26. The molecule has 0 radical (unpaired) electrons. The van der Waals surface area contributed by atoms with Crippen LogP contribution in [0.2, 0.25) is 0 Å². The van der Waals surface area contributed by atoms with Gasteiger partial charge < -0.3 is 15.0 Å². The first-order valence-electron chi connectivity index (χ1n) is 10.6. The number of hydrogen-bond donors (Lipinski definition) is 1. The van der Waals surface area contributed by atoms with Crippen molar-refractivity contribution >= 4 is 27.7 Å². The maximum Gasteiger partial charge on any atom is 0.407 e. The number of carbonyl (C=O) groups excluding carboxylic acids is 1. The van der Waals surface area contributed by atoms with E-state index in [1.807, 2.05) is 20.8 Å². The van der Waals surface area contributed by atoms with Crippen molar-refractivity contribution < 1.29 is 9.53 Å². The van der Waals surface area contributed by atoms with Crippen LogP contribution in [0.15, 0.2) is 22.7 Å². The number of rotatable bonds is 4. The van der Waals surface area contributed by atoms with Gasteiger partial charge in [-0.15, -0.1) is 0 Å². The van der Waals surface area contributed by atoms with Gasteiger partial charge in [-0.1, -0.05) is 22.0 Å². The molecule has 2 fully saturated rings. The summed E-state index contributed by atoms with van der Waals surface area (Å²) >= 11 is 3.65. The summed E-state index contributed by atoms with van der Waals surface area (Å²) in [4.78, 5) is 17.1. The molecule has 2 saturated heterocycles. The molecule has 1 aromatic carbocycles. The first-order valence-corrected chi connectivity index (χ1v) is 11.3. The monoisotopic (exact) mass is 451 g/mol. The van der Waals surface area contributed by atoms with Crippen LogP contribution in [0.1, 0.15) is 58.4 Å². The Morgan fingerprint density at radius 2 is 1.93 bits per heavy atom. The summed E-state index contributed by atoms with van der Waals surface area (Å²) in [5.74, 6) is 0. The maximum absolute atomic E-state index is 12.1. The molecule has 2 aliphatic rings. The normalized spacial score (nSPS) is 21.4. The highest BCUT2D eigenvalue weighted by atomic mass is 79.9. The maximum atomic E-state index is 12.1. The van der Waals surface area contributed by atoms with Gasteiger partial charge in [-0.3, -0.25) is 4.90 Å². The molecule has 28 heavy (non-hydrogen) atoms. The summed E-state index contributed by atoms with van der Waals surface area (Å²) in [6, 6.07) is 6.81. The van der Waals surface area contributed by atoms with E-state index in [0.29, 0.717) is 0 Å². The third-order valence-electron chi connectivity index (χ3n) is 5.36. The molecule has 0 unspecified atom stereocenters. The molecule has 0 aromatic heterocycles. The number of nitrogens with one attached hydrogen (secondary N) is 1. The highest BCUT2D eigenvalue weighted by Crippen LogP contribution is 2.29. The number of piperidine rings is 2. The van der Waals surface area contributed by atoms with Crippen molar-refractivity contribution in [2.24, 2.45) is 0 Å². The third kappa shape index (κ3) is 6.38. The zero-order chi connectivity index (χ0) is 20.1. The molecule has 1 amide bonds. The smallest absolute Gasteiger partial charge is 0.407 e. The van der Waals surface area contributed by atoms with Crippen LogP contribution in [0.5, 0.6) is 0 Å². The number of carbonyl (C=O) groups is 1. The van der Waals surface area contributed by atoms with Crippen molar-refractivity contribution in [2.45, 2.75) is 71.1 Å². The van der Waals surface area contributed by atoms with Crippen LogP contribution < -0.4 is 10.2 Å². The van der Waals surface area contributed by atoms with Gasteiger partial charge in [0, 0.05) is 42.4 Å². The number of nitrogens with zero attached hydrogens (tertiary/aromatic N) is 2. The fourth-order valence-electron chi connectivity index (χ4n) is 4.13. The second-order valence-corrected chi connectivity index (χ2v) is 9.96. The highest BCUT2D eigenvalue weighted by molar-refractivity contribution is 9.10. The van der Waals surface area contributed by atoms with Gasteiger partial charge in [0.05, 0.1) is 0 Å². The lowest BCUT2D eigenvalue weighted by Gasteiger charge is -2.35. The Bertz CT molecular complexity index is 668. The Balaban J connectivity index is 1.62. The number of hydrogen-bond acceptors (Lipinski definition) is 4. The average molecular weight is 452 g/mol. The Hall–Kier alpha value is -1.27. The Morgan fingerprint density at radius 3 is 2.64 bits per heavy atom. The van der Waals surface area contributed by atoms with Gasteiger partial charge in [-0.2, -0.15) is 0 Å². The molecule has 156 valence electrons. The minimum absolute atomic E-state index is 0.150. The first kappa shape index (κ1) is 21.4. The van der Waals surface area contributed by atoms with Crippen LogP contribution >= 0.6 is 15.9 Å². The molecular formula is C22H34BrN3O2. The third-order valence-corrected chi connectivity index (χ3v) is 5.86. The molecule has 5 nitrogen and oxygen atoms in total. The van der Waals surface area contributed by atoms with Gasteiger partial charge in [-0.05, 0) is 77.1 Å². The molecule has 6 heteroatoms. The van der Waals surface area contributed by atoms with E-state index >= 15 is 0 Å². The number of anilines is 1. The molecule has 1 N–H and O–H groups in total. The van der Waals surface area contributed by atoms with E-state index < -0.39 is 5.60 Å². The molecule has 2 aliphatic heterocycles. The van der Waals surface area contributed by atoms with Gasteiger partial charge >= 0.3 is 6.09 Å². The lowest BCUT2D eigenvalue weighted by atomic mass is 10.0. The van der Waals surface area contributed by atoms with E-state index in [2.05, 4.69) is 49.2 Å². The number of likely N-dealkylation sites (tertiary alicyclic amines) is 1. The standard InChI is InChI=1S/C22H34BrN3O2/c1-22(2,3)28-21(27)24-19-8-7-11-25(16-19)15-17-9-10-18(23)14-20(17)26-12-5-4-6-13-26/h9-10,14,19H,4-8,11-13,15-16H2,1-3H3,(H,24,27)/t19-/m1/s1. The zero-order valence-corrected chi connectivity index (χ0v) is 19.1. The molecule has 0 aliphatic carbocycles. The van der Waals surface area contributed by atoms with Crippen LogP contribution in [0.25, 0.3) is 0 Å². The van der Waals surface area contributed by atoms with E-state index in [9.17, 15) is 4.79 Å². The second-order valence-electron chi connectivity index (χ2n) is 9.04. The fourth-order valence-corrected chi connectivity index (χ4v) is 4.48. The van der Waals surface area contributed by atoms with Crippen molar-refractivity contribution in [1.29, 1.82) is 0 Å². The summed E-state index contributed by atoms with van der Waals surface area (Å²) in [5.41, 5.74) is 2.28. The number of alkyl carbamates (subject to hydrolysis) is 1. The molecule has 1 aromatic rings. The lowest BCUT2D eigenvalue weighted by molar-refractivity contribution is 0.0470. The van der Waals surface area contributed by atoms with Crippen LogP contribution in [-0.2, 0) is 11.3 Å². The topological polar surface area (TPSA) is 44.8 Å². The molecular weight excluding hydrogens is 418 g/mol. The summed E-state index contributed by atoms with van der Waals surface area (Å²) in [6.07, 6.45) is 5.68. The van der Waals surface area contributed by atoms with Crippen LogP contribution in [0, 0.1) is 0 Å². The van der Waals surface area contributed by atoms with E-state index in [-0.39, 0.29) is 12.1 Å². The minimum Gasteiger partial charge on any atom is -0.444 e. The highest BCUT2D eigenvalue weighted by Gasteiger charge is 2.25. The number of amides is 1. The van der Waals surface area contributed by atoms with Crippen molar-refractivity contribution in [3.05, 3.63) is 28.2 Å². The summed E-state index contributed by atoms with van der Waals surface area (Å²) in [6.45, 7) is 10.8. The van der Waals surface area contributed by atoms with Gasteiger partial charge in [0.1, 0.15) is 5.60 Å². The van der Waals surface area contributed by atoms with Gasteiger partial charge in [-0.25, -0.2) is 4.79 Å². The predicted octanol–water partition coefficient (Wildman–Crippen LogP) is 4.93. The second kappa shape index (κ2) is 9.49. The molecule has 0 bridgehead atoms. The van der Waals surface area contributed by atoms with Gasteiger partial charge in [0.15, 0.2) is 0 Å². The summed E-state index contributed by atoms with van der Waals surface area (Å²) < 4.78 is 6.56. The van der Waals surface area contributed by atoms with E-state index in [1.54, 1.807) is 0 Å². The van der Waals surface area contributed by atoms with Crippen LogP contribution in [-0.4, -0.2) is 48.8 Å². The molecule has 0 spiro atoms. The van der Waals surface area contributed by atoms with Crippen molar-refractivity contribution in [2.75, 3.05) is 31.1 Å². The van der Waals surface area contributed by atoms with E-state index in [1.165, 1.54) is 30.5 Å². The predicted molar refractivity (Wildman–Crippen MR) is 118 cm³/mol. The largest absolute Gasteiger partial charge is 0.444 e. The quantitative estimate of drug-likeness (QED) is 0.704. The summed E-state index contributed by atoms with van der Waals surface area (Å²) in [7, 11) is 0. The minimum atomic E-state index is -0.459. The molecule has 1 atom stereocenters. The zero-order valence-electron chi connectivity index (χ0n) is 17.5. The Labute approximate surface area is 177 Å². The van der Waals surface area contributed by atoms with Crippen LogP contribution in [0.4, 0.5) is 10.5 Å². The van der Waals surface area contributed by atoms with Crippen molar-refractivity contribution in [3.63, 3.8) is 0 Å². The molecule has 2 heterocycles. The number of halogens is 1. The first-order chi connectivity index (χ1) is 13.3. The van der Waals surface area contributed by atoms with E-state index in [0.717, 1.165) is 50.0 Å². The number of ether oxygens (including phenoxy) is 1. The molecule has 3 rings (SSSR count). The van der Waals surface area contributed by atoms with Crippen molar-refractivity contribution in [1.82, 2.24) is 10.2 Å². The average Bonchev–Trinajstić information content (AvgIpc) is 2.62. The van der Waals surface area contributed by atoms with Gasteiger partial charge in [0.25, 0.3) is 0 Å². The van der Waals surface area contributed by atoms with Gasteiger partial charge in [0.2, 0.25) is 0 Å². The van der Waals surface area contributed by atoms with E-state index in [4.69, 9.17) is 4.74 Å². The summed E-state index contributed by atoms with van der Waals surface area (Å²) in [5, 5.41) is 3.06. The Morgan fingerprint density at radius 1 is 1.18 bits per heavy atom. The lowest BCUT2D eigenvalue weighted by Crippen LogP contribution is -2.48. The molecule has 0 saturated carbocycles. The van der Waals surface area contributed by atoms with Crippen LogP contribution in [0.3, 0.4) is 0 Å². The SMILES string of the molecule is CC(C)(C)OC(=O)N[C@@H]1CCCN(Cc2ccc(Br)cc2N2CCCCC2)C1.